The van der Waals surface area contributed by atoms with Crippen LogP contribution in [-0.2, 0) is 0 Å². The Labute approximate surface area is 128 Å². The van der Waals surface area contributed by atoms with Crippen LogP contribution in [0.1, 0.15) is 13.8 Å². The van der Waals surface area contributed by atoms with Gasteiger partial charge >= 0.3 is 0 Å². The first kappa shape index (κ1) is 14.4. The van der Waals surface area contributed by atoms with Crippen molar-refractivity contribution in [1.82, 2.24) is 19.8 Å². The quantitative estimate of drug-likeness (QED) is 0.743. The van der Waals surface area contributed by atoms with E-state index in [4.69, 9.17) is 0 Å². The highest BCUT2D eigenvalue weighted by molar-refractivity contribution is 5.60. The summed E-state index contributed by atoms with van der Waals surface area (Å²) in [4.78, 5) is 2.06. The third-order valence-corrected chi connectivity index (χ3v) is 3.39. The van der Waals surface area contributed by atoms with Gasteiger partial charge in [0.1, 0.15) is 11.6 Å². The van der Waals surface area contributed by atoms with Crippen LogP contribution in [0.2, 0.25) is 0 Å². The van der Waals surface area contributed by atoms with Gasteiger partial charge in [0.2, 0.25) is 0 Å². The molecule has 0 amide bonds. The van der Waals surface area contributed by atoms with Crippen LogP contribution in [0.4, 0.5) is 10.2 Å². The van der Waals surface area contributed by atoms with Crippen LogP contribution in [0.15, 0.2) is 36.4 Å². The number of hydrogen-bond donors (Lipinski definition) is 0. The van der Waals surface area contributed by atoms with Crippen molar-refractivity contribution in [3.8, 4) is 11.4 Å². The minimum atomic E-state index is -0.334. The number of rotatable bonds is 4. The first-order chi connectivity index (χ1) is 10.6. The predicted octanol–water partition coefficient (Wildman–Crippen LogP) is 3.02. The van der Waals surface area contributed by atoms with Crippen molar-refractivity contribution in [2.45, 2.75) is 13.8 Å². The maximum Gasteiger partial charge on any atom is 0.188 e. The Morgan fingerprint density at radius 2 is 1.91 bits per heavy atom. The molecular weight excluding hydrogens is 281 g/mol. The average Bonchev–Trinajstić information content (AvgIpc) is 2.90. The summed E-state index contributed by atoms with van der Waals surface area (Å²) in [6.45, 7) is 5.19. The lowest BCUT2D eigenvalue weighted by Crippen LogP contribution is -2.24. The number of anilines is 1. The van der Waals surface area contributed by atoms with Crippen molar-refractivity contribution < 1.29 is 4.39 Å². The molecule has 0 spiro atoms. The van der Waals surface area contributed by atoms with Gasteiger partial charge in [0.25, 0.3) is 0 Å². The van der Waals surface area contributed by atoms with E-state index >= 15 is 0 Å². The molecule has 2 heterocycles. The Morgan fingerprint density at radius 3 is 2.64 bits per heavy atom. The van der Waals surface area contributed by atoms with Gasteiger partial charge in [-0.25, -0.2) is 4.39 Å². The number of hydrogen-bond acceptors (Lipinski definition) is 4. The van der Waals surface area contributed by atoms with Crippen molar-refractivity contribution in [2.75, 3.05) is 18.5 Å². The van der Waals surface area contributed by atoms with Gasteiger partial charge in [0.15, 0.2) is 11.5 Å². The Bertz CT molecular complexity index is 796. The molecule has 0 radical (unpaired) electrons. The van der Waals surface area contributed by atoms with Crippen LogP contribution in [-0.4, -0.2) is 33.4 Å². The molecule has 2 aromatic heterocycles. The second kappa shape index (κ2) is 5.71. The van der Waals surface area contributed by atoms with Crippen molar-refractivity contribution in [2.24, 2.45) is 5.92 Å². The van der Waals surface area contributed by atoms with E-state index in [9.17, 15) is 4.39 Å². The highest BCUT2D eigenvalue weighted by atomic mass is 19.1. The second-order valence-electron chi connectivity index (χ2n) is 5.74. The second-order valence-corrected chi connectivity index (χ2v) is 5.74. The molecule has 0 N–H and O–H groups in total. The molecule has 0 aliphatic rings. The smallest absolute Gasteiger partial charge is 0.188 e. The fraction of sp³-hybridized carbons (Fsp3) is 0.312. The summed E-state index contributed by atoms with van der Waals surface area (Å²) < 4.78 is 15.6. The molecule has 0 saturated heterocycles. The molecular formula is C16H18FN5. The van der Waals surface area contributed by atoms with Crippen molar-refractivity contribution >= 4 is 11.5 Å². The standard InChI is InChI=1S/C16H18FN5/c1-11(2)10-21(3)15-9-8-14-18-19-16(22(14)20-15)12-6-4-5-7-13(12)17/h4-9,11H,10H2,1-3H3. The van der Waals surface area contributed by atoms with Crippen LogP contribution in [0, 0.1) is 11.7 Å². The number of nitrogens with zero attached hydrogens (tertiary/aromatic N) is 5. The molecule has 0 aliphatic heterocycles. The van der Waals surface area contributed by atoms with Gasteiger partial charge in [-0.3, -0.25) is 0 Å². The molecule has 6 heteroatoms. The normalized spacial score (nSPS) is 11.3. The van der Waals surface area contributed by atoms with Crippen LogP contribution in [0.5, 0.6) is 0 Å². The summed E-state index contributed by atoms with van der Waals surface area (Å²) in [5, 5.41) is 12.7. The zero-order valence-electron chi connectivity index (χ0n) is 12.9. The maximum atomic E-state index is 14.0. The predicted molar refractivity (Wildman–Crippen MR) is 84.3 cm³/mol. The van der Waals surface area contributed by atoms with Crippen molar-refractivity contribution in [1.29, 1.82) is 0 Å². The molecule has 22 heavy (non-hydrogen) atoms. The van der Waals surface area contributed by atoms with Crippen LogP contribution >= 0.6 is 0 Å². The van der Waals surface area contributed by atoms with Crippen molar-refractivity contribution in [3.63, 3.8) is 0 Å². The summed E-state index contributed by atoms with van der Waals surface area (Å²) >= 11 is 0. The molecule has 5 nitrogen and oxygen atoms in total. The van der Waals surface area contributed by atoms with Gasteiger partial charge < -0.3 is 4.90 Å². The SMILES string of the molecule is CC(C)CN(C)c1ccc2nnc(-c3ccccc3F)n2n1. The minimum Gasteiger partial charge on any atom is -0.358 e. The minimum absolute atomic E-state index is 0.334. The van der Waals surface area contributed by atoms with Gasteiger partial charge in [-0.15, -0.1) is 15.3 Å². The number of aromatic nitrogens is 4. The van der Waals surface area contributed by atoms with E-state index in [1.165, 1.54) is 6.07 Å². The Morgan fingerprint density at radius 1 is 1.14 bits per heavy atom. The van der Waals surface area contributed by atoms with Crippen molar-refractivity contribution in [3.05, 3.63) is 42.2 Å². The summed E-state index contributed by atoms with van der Waals surface area (Å²) in [6.07, 6.45) is 0. The monoisotopic (exact) mass is 299 g/mol. The van der Waals surface area contributed by atoms with Gasteiger partial charge in [-0.2, -0.15) is 4.52 Å². The first-order valence-corrected chi connectivity index (χ1v) is 7.25. The van der Waals surface area contributed by atoms with Gasteiger partial charge in [-0.05, 0) is 30.2 Å². The third kappa shape index (κ3) is 2.64. The van der Waals surface area contributed by atoms with E-state index < -0.39 is 0 Å². The van der Waals surface area contributed by atoms with Gasteiger partial charge in [0.05, 0.1) is 5.56 Å². The fourth-order valence-electron chi connectivity index (χ4n) is 2.43. The average molecular weight is 299 g/mol. The molecule has 0 saturated carbocycles. The summed E-state index contributed by atoms with van der Waals surface area (Å²) in [6, 6.07) is 10.3. The fourth-order valence-corrected chi connectivity index (χ4v) is 2.43. The van der Waals surface area contributed by atoms with Gasteiger partial charge in [0, 0.05) is 13.6 Å². The molecule has 0 aliphatic carbocycles. The van der Waals surface area contributed by atoms with E-state index in [-0.39, 0.29) is 5.82 Å². The number of halogens is 1. The molecule has 0 atom stereocenters. The molecule has 1 aromatic carbocycles. The lowest BCUT2D eigenvalue weighted by molar-refractivity contribution is 0.627. The molecule has 3 aromatic rings. The Kier molecular flexibility index (Phi) is 3.75. The van der Waals surface area contributed by atoms with E-state index in [1.807, 2.05) is 19.2 Å². The van der Waals surface area contributed by atoms with E-state index in [0.29, 0.717) is 23.0 Å². The third-order valence-electron chi connectivity index (χ3n) is 3.39. The molecule has 0 unspecified atom stereocenters. The van der Waals surface area contributed by atoms with Crippen LogP contribution in [0.25, 0.3) is 17.0 Å². The lowest BCUT2D eigenvalue weighted by atomic mass is 10.2. The maximum absolute atomic E-state index is 14.0. The highest BCUT2D eigenvalue weighted by Crippen LogP contribution is 2.22. The summed E-state index contributed by atoms with van der Waals surface area (Å²) in [5.41, 5.74) is 0.992. The van der Waals surface area contributed by atoms with E-state index in [1.54, 1.807) is 22.7 Å². The number of benzene rings is 1. The highest BCUT2D eigenvalue weighted by Gasteiger charge is 2.14. The van der Waals surface area contributed by atoms with E-state index in [2.05, 4.69) is 34.0 Å². The Balaban J connectivity index is 2.08. The lowest BCUT2D eigenvalue weighted by Gasteiger charge is -2.20. The van der Waals surface area contributed by atoms with Gasteiger partial charge in [-0.1, -0.05) is 26.0 Å². The molecule has 0 fully saturated rings. The molecule has 3 rings (SSSR count). The number of fused-ring (bicyclic) bond motifs is 1. The zero-order chi connectivity index (χ0) is 15.7. The van der Waals surface area contributed by atoms with Crippen LogP contribution in [0.3, 0.4) is 0 Å². The first-order valence-electron chi connectivity index (χ1n) is 7.25. The molecule has 0 bridgehead atoms. The molecule has 114 valence electrons. The summed E-state index contributed by atoms with van der Waals surface area (Å²) in [5.74, 6) is 1.40. The zero-order valence-corrected chi connectivity index (χ0v) is 12.9. The summed E-state index contributed by atoms with van der Waals surface area (Å²) in [7, 11) is 1.99. The largest absolute Gasteiger partial charge is 0.358 e. The topological polar surface area (TPSA) is 46.3 Å². The van der Waals surface area contributed by atoms with E-state index in [0.717, 1.165) is 12.4 Å². The Hall–Kier alpha value is -2.50. The van der Waals surface area contributed by atoms with Crippen LogP contribution < -0.4 is 4.90 Å².